The van der Waals surface area contributed by atoms with Crippen molar-refractivity contribution in [3.63, 3.8) is 0 Å². The number of rotatable bonds is 9. The van der Waals surface area contributed by atoms with E-state index < -0.39 is 10.0 Å². The van der Waals surface area contributed by atoms with E-state index in [9.17, 15) is 13.7 Å². The van der Waals surface area contributed by atoms with Crippen LogP contribution in [0.15, 0.2) is 59.5 Å². The largest absolute Gasteiger partial charge is 0.382 e. The molecule has 0 amide bonds. The molecular weight excluding hydrogens is 410 g/mol. The Bertz CT molecular complexity index is 1160. The van der Waals surface area contributed by atoms with Gasteiger partial charge in [0, 0.05) is 6.54 Å². The molecular formula is C23H27N5O2S. The highest BCUT2D eigenvalue weighted by atomic mass is 32.2. The topological polar surface area (TPSA) is 114 Å². The minimum Gasteiger partial charge on any atom is -0.382 e. The van der Waals surface area contributed by atoms with Crippen LogP contribution in [0.2, 0.25) is 0 Å². The highest BCUT2D eigenvalue weighted by Gasteiger charge is 2.17. The number of para-hydroxylation sites is 1. The molecule has 0 saturated carbocycles. The number of aryl methyl sites for hydroxylation is 1. The molecule has 1 aromatic heterocycles. The minimum atomic E-state index is -3.59. The van der Waals surface area contributed by atoms with E-state index in [1.807, 2.05) is 42.5 Å². The maximum absolute atomic E-state index is 12.6. The van der Waals surface area contributed by atoms with Gasteiger partial charge in [0.25, 0.3) is 0 Å². The van der Waals surface area contributed by atoms with Gasteiger partial charge in [-0.1, -0.05) is 44.2 Å². The molecule has 3 aromatic rings. The number of aromatic nitrogens is 2. The van der Waals surface area contributed by atoms with Crippen LogP contribution in [0.3, 0.4) is 0 Å². The Kier molecular flexibility index (Phi) is 7.10. The maximum atomic E-state index is 12.6. The summed E-state index contributed by atoms with van der Waals surface area (Å²) in [7, 11) is -3.59. The number of hydrogen-bond donors (Lipinski definition) is 2. The van der Waals surface area contributed by atoms with E-state index in [2.05, 4.69) is 29.7 Å². The van der Waals surface area contributed by atoms with E-state index in [1.54, 1.807) is 12.1 Å². The molecule has 0 fully saturated rings. The van der Waals surface area contributed by atoms with Gasteiger partial charge in [0.05, 0.1) is 16.3 Å². The van der Waals surface area contributed by atoms with Gasteiger partial charge in [0.15, 0.2) is 0 Å². The molecule has 2 aromatic carbocycles. The second-order valence-electron chi connectivity index (χ2n) is 7.45. The fourth-order valence-electron chi connectivity index (χ4n) is 3.30. The molecule has 8 heteroatoms. The molecule has 1 atom stereocenters. The zero-order chi connectivity index (χ0) is 22.4. The quantitative estimate of drug-likeness (QED) is 0.495. The summed E-state index contributed by atoms with van der Waals surface area (Å²) >= 11 is 0. The Labute approximate surface area is 183 Å². The zero-order valence-electron chi connectivity index (χ0n) is 17.7. The summed E-state index contributed by atoms with van der Waals surface area (Å²) in [5.74, 6) is 0.674. The zero-order valence-corrected chi connectivity index (χ0v) is 18.6. The Balaban J connectivity index is 1.63. The van der Waals surface area contributed by atoms with Gasteiger partial charge >= 0.3 is 0 Å². The average molecular weight is 438 g/mol. The molecule has 0 radical (unpaired) electrons. The van der Waals surface area contributed by atoms with Crippen LogP contribution >= 0.6 is 0 Å². The second-order valence-corrected chi connectivity index (χ2v) is 9.21. The molecule has 7 nitrogen and oxygen atoms in total. The number of nitrogens with two attached hydrogens (primary N) is 1. The monoisotopic (exact) mass is 437 g/mol. The summed E-state index contributed by atoms with van der Waals surface area (Å²) < 4.78 is 29.3. The number of benzene rings is 2. The van der Waals surface area contributed by atoms with E-state index in [-0.39, 0.29) is 17.3 Å². The first-order chi connectivity index (χ1) is 14.9. The lowest BCUT2D eigenvalue weighted by Crippen LogP contribution is -2.25. The highest BCUT2D eigenvalue weighted by molar-refractivity contribution is 7.89. The number of nitrogen functional groups attached to an aromatic ring is 1. The molecule has 0 aliphatic rings. The van der Waals surface area contributed by atoms with E-state index >= 15 is 0 Å². The molecule has 31 heavy (non-hydrogen) atoms. The molecule has 0 aliphatic carbocycles. The van der Waals surface area contributed by atoms with Crippen LogP contribution < -0.4 is 10.5 Å². The first kappa shape index (κ1) is 22.5. The van der Waals surface area contributed by atoms with Crippen molar-refractivity contribution in [3.8, 4) is 11.8 Å². The van der Waals surface area contributed by atoms with Gasteiger partial charge < -0.3 is 5.73 Å². The first-order valence-electron chi connectivity index (χ1n) is 10.3. The van der Waals surface area contributed by atoms with Crippen LogP contribution in [0.25, 0.3) is 5.69 Å². The van der Waals surface area contributed by atoms with Crippen molar-refractivity contribution in [1.82, 2.24) is 14.5 Å². The predicted molar refractivity (Wildman–Crippen MR) is 121 cm³/mol. The number of nitrogens with one attached hydrogen (secondary N) is 1. The third kappa shape index (κ3) is 5.13. The van der Waals surface area contributed by atoms with Crippen LogP contribution in [0.1, 0.15) is 49.4 Å². The van der Waals surface area contributed by atoms with Gasteiger partial charge in [-0.15, -0.1) is 0 Å². The number of sulfonamides is 1. The molecule has 162 valence electrons. The van der Waals surface area contributed by atoms with Crippen molar-refractivity contribution in [2.24, 2.45) is 0 Å². The molecule has 1 heterocycles. The lowest BCUT2D eigenvalue weighted by atomic mass is 9.99. The smallest absolute Gasteiger partial charge is 0.240 e. The van der Waals surface area contributed by atoms with Gasteiger partial charge in [-0.3, -0.25) is 0 Å². The number of nitrogens with zero attached hydrogens (tertiary/aromatic N) is 3. The minimum absolute atomic E-state index is 0.235. The van der Waals surface area contributed by atoms with Crippen molar-refractivity contribution in [1.29, 1.82) is 5.26 Å². The molecule has 0 spiro atoms. The number of anilines is 1. The Hall–Kier alpha value is -3.15. The van der Waals surface area contributed by atoms with Gasteiger partial charge in [-0.05, 0) is 55.0 Å². The first-order valence-corrected chi connectivity index (χ1v) is 11.8. The van der Waals surface area contributed by atoms with Gasteiger partial charge in [0.2, 0.25) is 10.0 Å². The normalized spacial score (nSPS) is 12.4. The van der Waals surface area contributed by atoms with E-state index in [0.29, 0.717) is 30.0 Å². The standard InChI is InChI=1S/C23H27N5O2S/c1-3-17(2)18-11-13-20(14-12-18)31(29,30)26-15-7-10-22-21(16-24)23(25)28(27-22)19-8-5-4-6-9-19/h4-6,8-9,11-14,17,26H,3,7,10,15,25H2,1-2H3. The summed E-state index contributed by atoms with van der Waals surface area (Å²) in [6, 6.07) is 18.4. The second kappa shape index (κ2) is 9.77. The fourth-order valence-corrected chi connectivity index (χ4v) is 4.37. The lowest BCUT2D eigenvalue weighted by molar-refractivity contribution is 0.578. The lowest BCUT2D eigenvalue weighted by Gasteiger charge is -2.10. The molecule has 0 aliphatic heterocycles. The van der Waals surface area contributed by atoms with E-state index in [0.717, 1.165) is 17.7 Å². The Morgan fingerprint density at radius 2 is 1.84 bits per heavy atom. The number of nitriles is 1. The van der Waals surface area contributed by atoms with Gasteiger partial charge in [-0.2, -0.15) is 10.4 Å². The number of hydrogen-bond acceptors (Lipinski definition) is 5. The molecule has 0 bridgehead atoms. The third-order valence-corrected chi connectivity index (χ3v) is 6.84. The molecule has 1 unspecified atom stereocenters. The van der Waals surface area contributed by atoms with Crippen molar-refractivity contribution >= 4 is 15.8 Å². The summed E-state index contributed by atoms with van der Waals surface area (Å²) in [6.45, 7) is 4.45. The van der Waals surface area contributed by atoms with Crippen LogP contribution in [0, 0.1) is 11.3 Å². The molecule has 0 saturated heterocycles. The summed E-state index contributed by atoms with van der Waals surface area (Å²) in [5, 5.41) is 13.9. The average Bonchev–Trinajstić information content (AvgIpc) is 3.12. The third-order valence-electron chi connectivity index (χ3n) is 5.36. The van der Waals surface area contributed by atoms with Crippen molar-refractivity contribution in [2.45, 2.75) is 43.9 Å². The summed E-state index contributed by atoms with van der Waals surface area (Å²) in [5.41, 5.74) is 8.88. The van der Waals surface area contributed by atoms with Crippen LogP contribution in [-0.2, 0) is 16.4 Å². The predicted octanol–water partition coefficient (Wildman–Crippen LogP) is 3.75. The molecule has 3 N–H and O–H groups in total. The van der Waals surface area contributed by atoms with E-state index in [4.69, 9.17) is 5.73 Å². The SMILES string of the molecule is CCC(C)c1ccc(S(=O)(=O)NCCCc2nn(-c3ccccc3)c(N)c2C#N)cc1. The van der Waals surface area contributed by atoms with E-state index in [1.165, 1.54) is 4.68 Å². The highest BCUT2D eigenvalue weighted by Crippen LogP contribution is 2.22. The molecule has 3 rings (SSSR count). The maximum Gasteiger partial charge on any atom is 0.240 e. The Morgan fingerprint density at radius 1 is 1.16 bits per heavy atom. The van der Waals surface area contributed by atoms with Crippen LogP contribution in [-0.4, -0.2) is 24.7 Å². The van der Waals surface area contributed by atoms with Crippen LogP contribution in [0.5, 0.6) is 0 Å². The Morgan fingerprint density at radius 3 is 2.45 bits per heavy atom. The fraction of sp³-hybridized carbons (Fsp3) is 0.304. The van der Waals surface area contributed by atoms with Crippen molar-refractivity contribution in [2.75, 3.05) is 12.3 Å². The van der Waals surface area contributed by atoms with Crippen molar-refractivity contribution in [3.05, 3.63) is 71.4 Å². The van der Waals surface area contributed by atoms with Crippen molar-refractivity contribution < 1.29 is 8.42 Å². The van der Waals surface area contributed by atoms with Gasteiger partial charge in [0.1, 0.15) is 17.5 Å². The summed E-state index contributed by atoms with van der Waals surface area (Å²) in [4.78, 5) is 0.245. The summed E-state index contributed by atoms with van der Waals surface area (Å²) in [6.07, 6.45) is 1.92. The van der Waals surface area contributed by atoms with Crippen LogP contribution in [0.4, 0.5) is 5.82 Å². The van der Waals surface area contributed by atoms with Gasteiger partial charge in [-0.25, -0.2) is 17.8 Å².